The van der Waals surface area contributed by atoms with Crippen LogP contribution in [0.1, 0.15) is 0 Å². The average Bonchev–Trinajstić information content (AvgIpc) is 2.79. The highest BCUT2D eigenvalue weighted by Gasteiger charge is 2.34. The number of carbonyl (C=O) groups is 1. The first-order valence-corrected chi connectivity index (χ1v) is 14.1. The van der Waals surface area contributed by atoms with Crippen LogP contribution in [0.25, 0.3) is 0 Å². The quantitative estimate of drug-likeness (QED) is 0.472. The Morgan fingerprint density at radius 3 is 2.21 bits per heavy atom. The van der Waals surface area contributed by atoms with Crippen molar-refractivity contribution in [2.45, 2.75) is 11.0 Å². The van der Waals surface area contributed by atoms with E-state index < -0.39 is 32.1 Å². The minimum Gasteiger partial charge on any atom is -0.476 e. The molecule has 0 saturated heterocycles. The van der Waals surface area contributed by atoms with Crippen molar-refractivity contribution in [1.82, 2.24) is 0 Å². The van der Waals surface area contributed by atoms with Gasteiger partial charge in [0.1, 0.15) is 5.75 Å². The van der Waals surface area contributed by atoms with Gasteiger partial charge in [-0.2, -0.15) is 0 Å². The number of sulfonamides is 2. The van der Waals surface area contributed by atoms with Crippen molar-refractivity contribution in [1.29, 1.82) is 0 Å². The van der Waals surface area contributed by atoms with Crippen LogP contribution >= 0.6 is 15.9 Å². The number of hydrogen-bond acceptors (Lipinski definition) is 6. The molecule has 0 aliphatic carbocycles. The Hall–Kier alpha value is -3.09. The zero-order valence-electron chi connectivity index (χ0n) is 17.8. The van der Waals surface area contributed by atoms with Crippen LogP contribution in [0.15, 0.2) is 82.2 Å². The van der Waals surface area contributed by atoms with Gasteiger partial charge in [-0.1, -0.05) is 28.1 Å². The lowest BCUT2D eigenvalue weighted by atomic mass is 10.2. The molecule has 34 heavy (non-hydrogen) atoms. The van der Waals surface area contributed by atoms with Gasteiger partial charge in [-0.05, 0) is 60.7 Å². The molecular formula is C22H20BrN3O6S2. The Labute approximate surface area is 206 Å². The Balaban J connectivity index is 1.47. The van der Waals surface area contributed by atoms with Crippen molar-refractivity contribution in [3.63, 3.8) is 0 Å². The molecule has 0 spiro atoms. The highest BCUT2D eigenvalue weighted by atomic mass is 79.9. The molecule has 0 fully saturated rings. The van der Waals surface area contributed by atoms with Crippen molar-refractivity contribution >= 4 is 58.9 Å². The Morgan fingerprint density at radius 2 is 1.56 bits per heavy atom. The van der Waals surface area contributed by atoms with E-state index in [4.69, 9.17) is 4.74 Å². The van der Waals surface area contributed by atoms with Gasteiger partial charge in [-0.3, -0.25) is 13.8 Å². The second-order valence-corrected chi connectivity index (χ2v) is 12.0. The third-order valence-corrected chi connectivity index (χ3v) is 8.03. The first-order valence-electron chi connectivity index (χ1n) is 9.96. The summed E-state index contributed by atoms with van der Waals surface area (Å²) in [5.41, 5.74) is 1.11. The molecule has 4 rings (SSSR count). The summed E-state index contributed by atoms with van der Waals surface area (Å²) < 4.78 is 59.8. The minimum atomic E-state index is -3.83. The molecule has 1 heterocycles. The van der Waals surface area contributed by atoms with E-state index in [1.807, 2.05) is 0 Å². The van der Waals surface area contributed by atoms with Crippen LogP contribution in [0, 0.1) is 0 Å². The number of nitrogens with zero attached hydrogens (tertiary/aromatic N) is 1. The molecule has 3 aromatic carbocycles. The number of halogens is 1. The van der Waals surface area contributed by atoms with Gasteiger partial charge < -0.3 is 10.1 Å². The van der Waals surface area contributed by atoms with Crippen molar-refractivity contribution in [2.75, 3.05) is 27.1 Å². The van der Waals surface area contributed by atoms with Gasteiger partial charge in [-0.25, -0.2) is 16.8 Å². The zero-order valence-corrected chi connectivity index (χ0v) is 21.0. The number of fused-ring (bicyclic) bond motifs is 1. The Morgan fingerprint density at radius 1 is 0.941 bits per heavy atom. The molecule has 2 N–H and O–H groups in total. The maximum absolute atomic E-state index is 12.8. The SMILES string of the molecule is CS(=O)(=O)N1C[C@H](C(=O)Nc2ccc(S(=O)(=O)Nc3ccc(Br)cc3)cc2)Oc2ccccc21. The minimum absolute atomic E-state index is 0.0134. The van der Waals surface area contributed by atoms with Gasteiger partial charge in [-0.15, -0.1) is 0 Å². The summed E-state index contributed by atoms with van der Waals surface area (Å²) in [4.78, 5) is 12.8. The predicted octanol–water partition coefficient (Wildman–Crippen LogP) is 3.42. The summed E-state index contributed by atoms with van der Waals surface area (Å²) in [6.45, 7) is -0.189. The van der Waals surface area contributed by atoms with E-state index in [1.165, 1.54) is 24.3 Å². The Kier molecular flexibility index (Phi) is 6.56. The summed E-state index contributed by atoms with van der Waals surface area (Å²) in [6.07, 6.45) is -0.0296. The van der Waals surface area contributed by atoms with Gasteiger partial charge in [0.15, 0.2) is 6.10 Å². The van der Waals surface area contributed by atoms with Gasteiger partial charge in [0.05, 0.1) is 23.4 Å². The van der Waals surface area contributed by atoms with Crippen molar-refractivity contribution in [2.24, 2.45) is 0 Å². The lowest BCUT2D eigenvalue weighted by Gasteiger charge is -2.33. The molecule has 178 valence electrons. The second-order valence-electron chi connectivity index (χ2n) is 7.49. The van der Waals surface area contributed by atoms with Crippen LogP contribution in [0.2, 0.25) is 0 Å². The van der Waals surface area contributed by atoms with Crippen LogP contribution in [0.5, 0.6) is 5.75 Å². The summed E-state index contributed by atoms with van der Waals surface area (Å²) in [7, 11) is -7.46. The topological polar surface area (TPSA) is 122 Å². The van der Waals surface area contributed by atoms with E-state index in [1.54, 1.807) is 48.5 Å². The molecule has 0 aromatic heterocycles. The predicted molar refractivity (Wildman–Crippen MR) is 133 cm³/mol. The average molecular weight is 566 g/mol. The summed E-state index contributed by atoms with van der Waals surface area (Å²) in [6, 6.07) is 18.8. The first-order chi connectivity index (χ1) is 16.0. The molecule has 1 aliphatic heterocycles. The van der Waals surface area contributed by atoms with Gasteiger partial charge in [0.2, 0.25) is 10.0 Å². The smallest absolute Gasteiger partial charge is 0.267 e. The third kappa shape index (κ3) is 5.34. The zero-order chi connectivity index (χ0) is 24.5. The number of nitrogens with one attached hydrogen (secondary N) is 2. The number of carbonyl (C=O) groups excluding carboxylic acids is 1. The van der Waals surface area contributed by atoms with Gasteiger partial charge in [0, 0.05) is 15.8 Å². The molecule has 0 saturated carbocycles. The largest absolute Gasteiger partial charge is 0.476 e. The second kappa shape index (κ2) is 9.28. The molecule has 1 aliphatic rings. The van der Waals surface area contributed by atoms with Crippen LogP contribution < -0.4 is 19.1 Å². The summed E-state index contributed by atoms with van der Waals surface area (Å²) >= 11 is 3.29. The molecule has 12 heteroatoms. The van der Waals surface area contributed by atoms with E-state index in [2.05, 4.69) is 26.0 Å². The molecule has 0 bridgehead atoms. The van der Waals surface area contributed by atoms with E-state index >= 15 is 0 Å². The van der Waals surface area contributed by atoms with E-state index in [9.17, 15) is 21.6 Å². The van der Waals surface area contributed by atoms with Crippen molar-refractivity contribution in [3.05, 3.63) is 77.3 Å². The van der Waals surface area contributed by atoms with Gasteiger partial charge in [0.25, 0.3) is 15.9 Å². The third-order valence-electron chi connectivity index (χ3n) is 4.96. The molecule has 1 amide bonds. The Bertz CT molecular complexity index is 1430. The summed E-state index contributed by atoms with van der Waals surface area (Å²) in [5.74, 6) is -0.286. The number of para-hydroxylation sites is 2. The maximum Gasteiger partial charge on any atom is 0.267 e. The van der Waals surface area contributed by atoms with Crippen LogP contribution in [0.4, 0.5) is 17.1 Å². The lowest BCUT2D eigenvalue weighted by molar-refractivity contribution is -0.122. The molecule has 0 unspecified atom stereocenters. The van der Waals surface area contributed by atoms with Crippen LogP contribution in [-0.2, 0) is 24.8 Å². The monoisotopic (exact) mass is 565 g/mol. The highest BCUT2D eigenvalue weighted by Crippen LogP contribution is 2.34. The standard InChI is InChI=1S/C22H20BrN3O6S2/c1-33(28,29)26-14-21(32-20-5-3-2-4-19(20)26)22(27)24-16-10-12-18(13-11-16)34(30,31)25-17-8-6-15(23)7-9-17/h2-13,21,25H,14H2,1H3,(H,24,27)/t21-/m1/s1. The first kappa shape index (κ1) is 24.0. The molecule has 1 atom stereocenters. The number of anilines is 3. The van der Waals surface area contributed by atoms with E-state index in [0.29, 0.717) is 17.1 Å². The summed E-state index contributed by atoms with van der Waals surface area (Å²) in [5, 5.41) is 2.64. The van der Waals surface area contributed by atoms with Crippen molar-refractivity contribution in [3.8, 4) is 5.75 Å². The number of rotatable bonds is 6. The lowest BCUT2D eigenvalue weighted by Crippen LogP contribution is -2.48. The fourth-order valence-corrected chi connectivity index (χ4v) is 5.56. The molecular weight excluding hydrogens is 546 g/mol. The van der Waals surface area contributed by atoms with Crippen LogP contribution in [0.3, 0.4) is 0 Å². The van der Waals surface area contributed by atoms with E-state index in [0.717, 1.165) is 15.0 Å². The number of hydrogen-bond donors (Lipinski definition) is 2. The fourth-order valence-electron chi connectivity index (χ4n) is 3.33. The van der Waals surface area contributed by atoms with Gasteiger partial charge >= 0.3 is 0 Å². The van der Waals surface area contributed by atoms with E-state index in [-0.39, 0.29) is 17.2 Å². The highest BCUT2D eigenvalue weighted by molar-refractivity contribution is 9.10. The van der Waals surface area contributed by atoms with Crippen LogP contribution in [-0.4, -0.2) is 41.6 Å². The fraction of sp³-hybridized carbons (Fsp3) is 0.136. The number of benzene rings is 3. The molecule has 3 aromatic rings. The maximum atomic E-state index is 12.8. The molecule has 0 radical (unpaired) electrons. The number of ether oxygens (including phenoxy) is 1. The normalized spacial score (nSPS) is 15.7. The molecule has 9 nitrogen and oxygen atoms in total. The number of amides is 1. The van der Waals surface area contributed by atoms with Crippen molar-refractivity contribution < 1.29 is 26.4 Å².